The Balaban J connectivity index is 1.78. The van der Waals surface area contributed by atoms with E-state index < -0.39 is 6.04 Å². The molecule has 0 aromatic rings. The molecule has 0 aromatic heterocycles. The lowest BCUT2D eigenvalue weighted by Gasteiger charge is -2.36. The molecule has 23 heavy (non-hydrogen) atoms. The second-order valence-electron chi connectivity index (χ2n) is 6.86. The molecule has 7 heteroatoms. The summed E-state index contributed by atoms with van der Waals surface area (Å²) in [5, 5.41) is 5.76. The summed E-state index contributed by atoms with van der Waals surface area (Å²) in [4.78, 5) is 39.5. The molecule has 2 aliphatic heterocycles. The lowest BCUT2D eigenvalue weighted by atomic mass is 10.0. The largest absolute Gasteiger partial charge is 0.353 e. The first-order valence-corrected chi connectivity index (χ1v) is 8.51. The summed E-state index contributed by atoms with van der Waals surface area (Å²) in [6.07, 6.45) is 2.12. The second-order valence-corrected chi connectivity index (χ2v) is 6.86. The van der Waals surface area contributed by atoms with Gasteiger partial charge in [0.05, 0.1) is 0 Å². The number of hydrogen-bond donors (Lipinski definition) is 2. The minimum Gasteiger partial charge on any atom is -0.353 e. The molecule has 2 rings (SSSR count). The standard InChI is InChI=1S/C16H28N4O3/c1-11(2)10-14(21)19-7-4-13(5-8-19)18-16(23)20-9-6-17-15(22)12(20)3/h11-13H,4-10H2,1-3H3,(H,17,22)(H,18,23). The monoisotopic (exact) mass is 324 g/mol. The first-order valence-electron chi connectivity index (χ1n) is 8.51. The van der Waals surface area contributed by atoms with Crippen LogP contribution in [-0.2, 0) is 9.59 Å². The van der Waals surface area contributed by atoms with E-state index in [0.717, 1.165) is 12.8 Å². The van der Waals surface area contributed by atoms with Crippen molar-refractivity contribution in [1.82, 2.24) is 20.4 Å². The zero-order valence-electron chi connectivity index (χ0n) is 14.3. The van der Waals surface area contributed by atoms with Gasteiger partial charge >= 0.3 is 6.03 Å². The van der Waals surface area contributed by atoms with Crippen LogP contribution in [0.5, 0.6) is 0 Å². The van der Waals surface area contributed by atoms with E-state index in [9.17, 15) is 14.4 Å². The van der Waals surface area contributed by atoms with Gasteiger partial charge in [0.1, 0.15) is 6.04 Å². The van der Waals surface area contributed by atoms with Crippen LogP contribution in [0.15, 0.2) is 0 Å². The molecule has 0 aromatic carbocycles. The second kappa shape index (κ2) is 7.66. The normalized spacial score (nSPS) is 23.0. The number of amides is 4. The number of likely N-dealkylation sites (tertiary alicyclic amines) is 1. The number of piperidine rings is 1. The van der Waals surface area contributed by atoms with Crippen LogP contribution in [0.2, 0.25) is 0 Å². The van der Waals surface area contributed by atoms with Crippen molar-refractivity contribution in [3.05, 3.63) is 0 Å². The Kier molecular flexibility index (Phi) is 5.85. The van der Waals surface area contributed by atoms with Crippen LogP contribution in [0.1, 0.15) is 40.0 Å². The summed E-state index contributed by atoms with van der Waals surface area (Å²) in [6.45, 7) is 8.23. The number of nitrogens with zero attached hydrogens (tertiary/aromatic N) is 2. The Labute approximate surface area is 137 Å². The third-order valence-electron chi connectivity index (χ3n) is 4.52. The van der Waals surface area contributed by atoms with E-state index in [1.54, 1.807) is 11.8 Å². The number of carbonyl (C=O) groups excluding carboxylic acids is 3. The number of nitrogens with one attached hydrogen (secondary N) is 2. The summed E-state index contributed by atoms with van der Waals surface area (Å²) < 4.78 is 0. The van der Waals surface area contributed by atoms with Gasteiger partial charge in [0.2, 0.25) is 11.8 Å². The van der Waals surface area contributed by atoms with Gasteiger partial charge in [0, 0.05) is 38.6 Å². The molecule has 130 valence electrons. The van der Waals surface area contributed by atoms with E-state index in [2.05, 4.69) is 10.6 Å². The third-order valence-corrected chi connectivity index (χ3v) is 4.52. The zero-order valence-corrected chi connectivity index (χ0v) is 14.3. The number of hydrogen-bond acceptors (Lipinski definition) is 3. The van der Waals surface area contributed by atoms with Gasteiger partial charge in [-0.1, -0.05) is 13.8 Å². The van der Waals surface area contributed by atoms with Gasteiger partial charge in [-0.2, -0.15) is 0 Å². The Bertz CT molecular complexity index is 458. The van der Waals surface area contributed by atoms with E-state index >= 15 is 0 Å². The highest BCUT2D eigenvalue weighted by atomic mass is 16.2. The van der Waals surface area contributed by atoms with Crippen molar-refractivity contribution in [3.8, 4) is 0 Å². The van der Waals surface area contributed by atoms with Crippen molar-refractivity contribution in [1.29, 1.82) is 0 Å². The summed E-state index contributed by atoms with van der Waals surface area (Å²) in [5.41, 5.74) is 0. The summed E-state index contributed by atoms with van der Waals surface area (Å²) in [7, 11) is 0. The van der Waals surface area contributed by atoms with Gasteiger partial charge in [-0.15, -0.1) is 0 Å². The van der Waals surface area contributed by atoms with Gasteiger partial charge in [-0.25, -0.2) is 4.79 Å². The molecule has 7 nitrogen and oxygen atoms in total. The van der Waals surface area contributed by atoms with Gasteiger partial charge in [-0.3, -0.25) is 9.59 Å². The number of carbonyl (C=O) groups is 3. The van der Waals surface area contributed by atoms with Crippen LogP contribution in [0.25, 0.3) is 0 Å². The molecule has 2 aliphatic rings. The fourth-order valence-corrected chi connectivity index (χ4v) is 3.07. The Morgan fingerprint density at radius 3 is 2.52 bits per heavy atom. The Hall–Kier alpha value is -1.79. The predicted molar refractivity (Wildman–Crippen MR) is 86.8 cm³/mol. The Morgan fingerprint density at radius 2 is 1.91 bits per heavy atom. The SMILES string of the molecule is CC(C)CC(=O)N1CCC(NC(=O)N2CCNC(=O)C2C)CC1. The smallest absolute Gasteiger partial charge is 0.318 e. The molecule has 1 atom stereocenters. The van der Waals surface area contributed by atoms with Crippen LogP contribution < -0.4 is 10.6 Å². The van der Waals surface area contributed by atoms with Gasteiger partial charge in [0.15, 0.2) is 0 Å². The quantitative estimate of drug-likeness (QED) is 0.795. The first kappa shape index (κ1) is 17.6. The highest BCUT2D eigenvalue weighted by Gasteiger charge is 2.31. The summed E-state index contributed by atoms with van der Waals surface area (Å²) in [5.74, 6) is 0.457. The molecule has 2 heterocycles. The molecular formula is C16H28N4O3. The molecule has 0 aliphatic carbocycles. The lowest BCUT2D eigenvalue weighted by molar-refractivity contribution is -0.133. The van der Waals surface area contributed by atoms with Crippen LogP contribution in [-0.4, -0.2) is 65.9 Å². The van der Waals surface area contributed by atoms with E-state index in [1.165, 1.54) is 0 Å². The number of urea groups is 1. The van der Waals surface area contributed by atoms with Crippen molar-refractivity contribution in [2.24, 2.45) is 5.92 Å². The van der Waals surface area contributed by atoms with Crippen molar-refractivity contribution >= 4 is 17.8 Å². The number of piperazine rings is 1. The topological polar surface area (TPSA) is 81.8 Å². The predicted octanol–water partition coefficient (Wildman–Crippen LogP) is 0.553. The minimum atomic E-state index is -0.434. The summed E-state index contributed by atoms with van der Waals surface area (Å²) in [6, 6.07) is -0.543. The molecule has 0 bridgehead atoms. The molecule has 0 spiro atoms. The highest BCUT2D eigenvalue weighted by molar-refractivity contribution is 5.88. The fraction of sp³-hybridized carbons (Fsp3) is 0.812. The average molecular weight is 324 g/mol. The molecule has 4 amide bonds. The maximum absolute atomic E-state index is 12.3. The highest BCUT2D eigenvalue weighted by Crippen LogP contribution is 2.14. The summed E-state index contributed by atoms with van der Waals surface area (Å²) >= 11 is 0. The molecular weight excluding hydrogens is 296 g/mol. The molecule has 2 saturated heterocycles. The lowest BCUT2D eigenvalue weighted by Crippen LogP contribution is -2.60. The van der Waals surface area contributed by atoms with Crippen LogP contribution in [0, 0.1) is 5.92 Å². The Morgan fingerprint density at radius 1 is 1.26 bits per heavy atom. The molecule has 0 radical (unpaired) electrons. The van der Waals surface area contributed by atoms with E-state index in [0.29, 0.717) is 38.5 Å². The zero-order chi connectivity index (χ0) is 17.0. The van der Waals surface area contributed by atoms with Crippen molar-refractivity contribution in [2.45, 2.75) is 52.1 Å². The molecule has 2 fully saturated rings. The minimum absolute atomic E-state index is 0.0720. The average Bonchev–Trinajstić information content (AvgIpc) is 2.50. The van der Waals surface area contributed by atoms with E-state index in [-0.39, 0.29) is 23.9 Å². The first-order chi connectivity index (χ1) is 10.9. The van der Waals surface area contributed by atoms with Crippen molar-refractivity contribution < 1.29 is 14.4 Å². The van der Waals surface area contributed by atoms with Crippen LogP contribution in [0.4, 0.5) is 4.79 Å². The fourth-order valence-electron chi connectivity index (χ4n) is 3.07. The third kappa shape index (κ3) is 4.59. The maximum Gasteiger partial charge on any atom is 0.318 e. The molecule has 0 saturated carbocycles. The van der Waals surface area contributed by atoms with Crippen LogP contribution in [0.3, 0.4) is 0 Å². The van der Waals surface area contributed by atoms with E-state index in [1.807, 2.05) is 18.7 Å². The van der Waals surface area contributed by atoms with Gasteiger partial charge in [0.25, 0.3) is 0 Å². The van der Waals surface area contributed by atoms with Gasteiger partial charge in [-0.05, 0) is 25.7 Å². The number of rotatable bonds is 3. The van der Waals surface area contributed by atoms with Crippen molar-refractivity contribution in [2.75, 3.05) is 26.2 Å². The van der Waals surface area contributed by atoms with E-state index in [4.69, 9.17) is 0 Å². The molecule has 2 N–H and O–H groups in total. The van der Waals surface area contributed by atoms with Crippen LogP contribution >= 0.6 is 0 Å². The molecule has 1 unspecified atom stereocenters. The van der Waals surface area contributed by atoms with Crippen molar-refractivity contribution in [3.63, 3.8) is 0 Å². The van der Waals surface area contributed by atoms with Gasteiger partial charge < -0.3 is 20.4 Å². The maximum atomic E-state index is 12.3.